The molecule has 0 aliphatic rings. The number of anilines is 1. The molecule has 0 spiro atoms. The Bertz CT molecular complexity index is 380. The van der Waals surface area contributed by atoms with Crippen LogP contribution in [0.1, 0.15) is 26.3 Å². The van der Waals surface area contributed by atoms with Crippen LogP contribution in [-0.4, -0.2) is 6.36 Å². The van der Waals surface area contributed by atoms with Crippen LogP contribution >= 0.6 is 0 Å². The highest BCUT2D eigenvalue weighted by Gasteiger charge is 2.33. The van der Waals surface area contributed by atoms with Crippen molar-refractivity contribution in [1.82, 2.24) is 0 Å². The summed E-state index contributed by atoms with van der Waals surface area (Å²) in [5, 5.41) is 0. The maximum atomic E-state index is 12.2. The van der Waals surface area contributed by atoms with Crippen molar-refractivity contribution in [1.29, 1.82) is 0 Å². The molecule has 0 atom stereocenters. The molecule has 0 radical (unpaired) electrons. The minimum Gasteiger partial charge on any atom is -0.405 e. The molecule has 1 rings (SSSR count). The van der Waals surface area contributed by atoms with Crippen molar-refractivity contribution in [3.63, 3.8) is 0 Å². The molecule has 0 aliphatic carbocycles. The van der Waals surface area contributed by atoms with E-state index in [0.717, 1.165) is 0 Å². The van der Waals surface area contributed by atoms with Crippen molar-refractivity contribution >= 4 is 5.69 Å². The normalized spacial score (nSPS) is 12.6. The maximum absolute atomic E-state index is 12.2. The highest BCUT2D eigenvalue weighted by atomic mass is 19.4. The molecule has 0 amide bonds. The zero-order valence-electron chi connectivity index (χ0n) is 9.35. The van der Waals surface area contributed by atoms with Crippen LogP contribution < -0.4 is 10.5 Å². The lowest BCUT2D eigenvalue weighted by Gasteiger charge is -2.23. The number of halogens is 3. The fourth-order valence-corrected chi connectivity index (χ4v) is 1.37. The Morgan fingerprint density at radius 3 is 2.12 bits per heavy atom. The van der Waals surface area contributed by atoms with E-state index in [0.29, 0.717) is 5.56 Å². The van der Waals surface area contributed by atoms with E-state index in [4.69, 9.17) is 5.73 Å². The molecule has 0 saturated heterocycles. The molecule has 0 aromatic heterocycles. The van der Waals surface area contributed by atoms with Crippen molar-refractivity contribution < 1.29 is 17.9 Å². The molecule has 0 heterocycles. The number of alkyl halides is 3. The molecule has 2 N–H and O–H groups in total. The van der Waals surface area contributed by atoms with Crippen molar-refractivity contribution in [2.45, 2.75) is 32.5 Å². The zero-order chi connectivity index (χ0) is 12.6. The lowest BCUT2D eigenvalue weighted by molar-refractivity contribution is -0.275. The minimum absolute atomic E-state index is 0.236. The number of hydrogen-bond donors (Lipinski definition) is 1. The van der Waals surface area contributed by atoms with E-state index >= 15 is 0 Å². The van der Waals surface area contributed by atoms with Gasteiger partial charge in [0.15, 0.2) is 0 Å². The molecule has 0 saturated carbocycles. The molecular weight excluding hydrogens is 219 g/mol. The van der Waals surface area contributed by atoms with Gasteiger partial charge in [-0.25, -0.2) is 0 Å². The molecule has 0 unspecified atom stereocenters. The van der Waals surface area contributed by atoms with E-state index in [-0.39, 0.29) is 11.4 Å². The monoisotopic (exact) mass is 233 g/mol. The summed E-state index contributed by atoms with van der Waals surface area (Å²) in [7, 11) is 0. The fraction of sp³-hybridized carbons (Fsp3) is 0.455. The summed E-state index contributed by atoms with van der Waals surface area (Å²) in [5.74, 6) is -0.236. The van der Waals surface area contributed by atoms with Gasteiger partial charge in [-0.05, 0) is 11.5 Å². The molecule has 5 heteroatoms. The molecular formula is C11H14F3NO. The topological polar surface area (TPSA) is 35.2 Å². The fourth-order valence-electron chi connectivity index (χ4n) is 1.37. The summed E-state index contributed by atoms with van der Waals surface area (Å²) in [5.41, 5.74) is 5.72. The Morgan fingerprint density at radius 1 is 1.12 bits per heavy atom. The van der Waals surface area contributed by atoms with E-state index < -0.39 is 11.8 Å². The molecule has 0 bridgehead atoms. The van der Waals surface area contributed by atoms with Crippen LogP contribution in [-0.2, 0) is 5.41 Å². The van der Waals surface area contributed by atoms with E-state index in [9.17, 15) is 13.2 Å². The van der Waals surface area contributed by atoms with Crippen molar-refractivity contribution in [2.24, 2.45) is 0 Å². The Morgan fingerprint density at radius 2 is 1.69 bits per heavy atom. The predicted molar refractivity (Wildman–Crippen MR) is 56.2 cm³/mol. The lowest BCUT2D eigenvalue weighted by Crippen LogP contribution is -2.21. The van der Waals surface area contributed by atoms with Gasteiger partial charge >= 0.3 is 6.36 Å². The van der Waals surface area contributed by atoms with Gasteiger partial charge in [-0.3, -0.25) is 0 Å². The van der Waals surface area contributed by atoms with Crippen molar-refractivity contribution in [2.75, 3.05) is 5.73 Å². The third kappa shape index (κ3) is 3.32. The Balaban J connectivity index is 3.19. The second kappa shape index (κ2) is 3.88. The Kier molecular flexibility index (Phi) is 3.08. The Hall–Kier alpha value is -1.39. The number of ether oxygens (including phenoxy) is 1. The SMILES string of the molecule is CC(C)(C)c1ccc(N)cc1OC(F)(F)F. The second-order valence-electron chi connectivity index (χ2n) is 4.55. The van der Waals surface area contributed by atoms with Gasteiger partial charge in [0.2, 0.25) is 0 Å². The first-order valence-electron chi connectivity index (χ1n) is 4.75. The minimum atomic E-state index is -4.70. The molecule has 1 aromatic carbocycles. The summed E-state index contributed by atoms with van der Waals surface area (Å²) >= 11 is 0. The van der Waals surface area contributed by atoms with Crippen LogP contribution in [0.3, 0.4) is 0 Å². The number of hydrogen-bond acceptors (Lipinski definition) is 2. The van der Waals surface area contributed by atoms with E-state index in [1.54, 1.807) is 12.1 Å². The summed E-state index contributed by atoms with van der Waals surface area (Å²) < 4.78 is 40.5. The van der Waals surface area contributed by atoms with Gasteiger partial charge < -0.3 is 10.5 Å². The number of rotatable bonds is 1. The van der Waals surface area contributed by atoms with Gasteiger partial charge in [0.25, 0.3) is 0 Å². The first-order valence-corrected chi connectivity index (χ1v) is 4.75. The third-order valence-corrected chi connectivity index (χ3v) is 2.04. The lowest BCUT2D eigenvalue weighted by atomic mass is 9.86. The molecule has 1 aromatic rings. The van der Waals surface area contributed by atoms with Gasteiger partial charge in [0.05, 0.1) is 0 Å². The summed E-state index contributed by atoms with van der Waals surface area (Å²) in [4.78, 5) is 0. The molecule has 90 valence electrons. The zero-order valence-corrected chi connectivity index (χ0v) is 9.35. The molecule has 16 heavy (non-hydrogen) atoms. The average molecular weight is 233 g/mol. The second-order valence-corrected chi connectivity index (χ2v) is 4.55. The van der Waals surface area contributed by atoms with Crippen LogP contribution in [0.2, 0.25) is 0 Å². The summed E-state index contributed by atoms with van der Waals surface area (Å²) in [6, 6.07) is 4.30. The van der Waals surface area contributed by atoms with Crippen LogP contribution in [0.25, 0.3) is 0 Å². The third-order valence-electron chi connectivity index (χ3n) is 2.04. The molecule has 2 nitrogen and oxygen atoms in total. The van der Waals surface area contributed by atoms with Crippen LogP contribution in [0, 0.1) is 0 Å². The largest absolute Gasteiger partial charge is 0.573 e. The van der Waals surface area contributed by atoms with Crippen molar-refractivity contribution in [3.8, 4) is 5.75 Å². The quantitative estimate of drug-likeness (QED) is 0.754. The van der Waals surface area contributed by atoms with Crippen molar-refractivity contribution in [3.05, 3.63) is 23.8 Å². The van der Waals surface area contributed by atoms with Gasteiger partial charge in [-0.15, -0.1) is 13.2 Å². The standard InChI is InChI=1S/C11H14F3NO/c1-10(2,3)8-5-4-7(15)6-9(8)16-11(12,13)14/h4-6H,15H2,1-3H3. The van der Waals surface area contributed by atoms with E-state index in [2.05, 4.69) is 4.74 Å². The first-order chi connectivity index (χ1) is 7.09. The van der Waals surface area contributed by atoms with E-state index in [1.165, 1.54) is 6.07 Å². The van der Waals surface area contributed by atoms with Gasteiger partial charge in [-0.1, -0.05) is 26.8 Å². The highest BCUT2D eigenvalue weighted by molar-refractivity contribution is 5.50. The summed E-state index contributed by atoms with van der Waals surface area (Å²) in [6.07, 6.45) is -4.70. The van der Waals surface area contributed by atoms with Crippen LogP contribution in [0.5, 0.6) is 5.75 Å². The first kappa shape index (κ1) is 12.7. The Labute approximate surface area is 92.2 Å². The molecule has 0 fully saturated rings. The maximum Gasteiger partial charge on any atom is 0.573 e. The van der Waals surface area contributed by atoms with Gasteiger partial charge in [0, 0.05) is 17.3 Å². The number of benzene rings is 1. The predicted octanol–water partition coefficient (Wildman–Crippen LogP) is 3.46. The van der Waals surface area contributed by atoms with Crippen LogP contribution in [0.15, 0.2) is 18.2 Å². The average Bonchev–Trinajstić information content (AvgIpc) is 1.97. The smallest absolute Gasteiger partial charge is 0.405 e. The number of nitrogens with two attached hydrogens (primary N) is 1. The number of nitrogen functional groups attached to an aromatic ring is 1. The van der Waals surface area contributed by atoms with Gasteiger partial charge in [0.1, 0.15) is 5.75 Å². The van der Waals surface area contributed by atoms with Gasteiger partial charge in [-0.2, -0.15) is 0 Å². The molecule has 0 aliphatic heterocycles. The van der Waals surface area contributed by atoms with Crippen LogP contribution in [0.4, 0.5) is 18.9 Å². The highest BCUT2D eigenvalue weighted by Crippen LogP contribution is 2.35. The van der Waals surface area contributed by atoms with E-state index in [1.807, 2.05) is 20.8 Å². The summed E-state index contributed by atoms with van der Waals surface area (Å²) in [6.45, 7) is 5.42.